The molecule has 0 aromatic carbocycles. The quantitative estimate of drug-likeness (QED) is 0.506. The molecule has 0 heterocycles. The molecule has 2 amide bonds. The molecule has 15 heavy (non-hydrogen) atoms. The number of aliphatic hydroxyl groups excluding tert-OH is 1. The average Bonchev–Trinajstić information content (AvgIpc) is 2.96. The molecule has 0 unspecified atom stereocenters. The van der Waals surface area contributed by atoms with Crippen molar-refractivity contribution in [1.29, 1.82) is 0 Å². The molecule has 0 aliphatic heterocycles. The van der Waals surface area contributed by atoms with Crippen molar-refractivity contribution in [2.75, 3.05) is 0 Å². The lowest BCUT2D eigenvalue weighted by molar-refractivity contribution is -0.130. The zero-order valence-corrected chi connectivity index (χ0v) is 8.56. The highest BCUT2D eigenvalue weighted by molar-refractivity contribution is 5.82. The topological polar surface area (TPSA) is 98.7 Å². The van der Waals surface area contributed by atoms with Gasteiger partial charge in [0.1, 0.15) is 0 Å². The van der Waals surface area contributed by atoms with Gasteiger partial charge in [-0.3, -0.25) is 4.79 Å². The van der Waals surface area contributed by atoms with Crippen molar-refractivity contribution in [2.45, 2.75) is 44.4 Å². The van der Waals surface area contributed by atoms with Gasteiger partial charge in [-0.25, -0.2) is 4.79 Å². The Balaban J connectivity index is 2.42. The summed E-state index contributed by atoms with van der Waals surface area (Å²) in [5.74, 6) is -0.502. The number of hydrogen-bond acceptors (Lipinski definition) is 3. The molecule has 6 heteroatoms. The molecule has 86 valence electrons. The van der Waals surface area contributed by atoms with Gasteiger partial charge in [-0.15, -0.1) is 0 Å². The van der Waals surface area contributed by atoms with Gasteiger partial charge in [0, 0.05) is 6.04 Å². The van der Waals surface area contributed by atoms with Crippen LogP contribution in [-0.2, 0) is 4.79 Å². The highest BCUT2D eigenvalue weighted by atomic mass is 16.4. The lowest BCUT2D eigenvalue weighted by Gasteiger charge is -2.20. The minimum Gasteiger partial charge on any atom is -0.465 e. The number of hydrogen-bond donors (Lipinski definition) is 4. The van der Waals surface area contributed by atoms with Crippen molar-refractivity contribution in [3.05, 3.63) is 0 Å². The SMILES string of the molecule is CC[C@H](NC(=O)O)[C@H](O)C(=O)NC1CC1. The van der Waals surface area contributed by atoms with E-state index in [4.69, 9.17) is 5.11 Å². The summed E-state index contributed by atoms with van der Waals surface area (Å²) in [6.45, 7) is 1.70. The van der Waals surface area contributed by atoms with Crippen LogP contribution in [-0.4, -0.2) is 40.4 Å². The molecule has 1 aliphatic rings. The third-order valence-corrected chi connectivity index (χ3v) is 2.32. The summed E-state index contributed by atoms with van der Waals surface area (Å²) >= 11 is 0. The summed E-state index contributed by atoms with van der Waals surface area (Å²) in [4.78, 5) is 21.8. The standard InChI is InChI=1S/C9H16N2O4/c1-2-6(11-9(14)15)7(12)8(13)10-5-3-4-5/h5-7,11-12H,2-4H2,1H3,(H,10,13)(H,14,15)/t6-,7-/m0/s1. The fraction of sp³-hybridized carbons (Fsp3) is 0.778. The van der Waals surface area contributed by atoms with Crippen LogP contribution in [0.25, 0.3) is 0 Å². The van der Waals surface area contributed by atoms with Crippen molar-refractivity contribution in [3.8, 4) is 0 Å². The lowest BCUT2D eigenvalue weighted by Crippen LogP contribution is -2.50. The minimum atomic E-state index is -1.31. The van der Waals surface area contributed by atoms with E-state index in [1.54, 1.807) is 6.92 Å². The number of carbonyl (C=O) groups excluding carboxylic acids is 1. The van der Waals surface area contributed by atoms with Gasteiger partial charge in [0.05, 0.1) is 6.04 Å². The summed E-state index contributed by atoms with van der Waals surface area (Å²) in [7, 11) is 0. The largest absolute Gasteiger partial charge is 0.465 e. The Morgan fingerprint density at radius 2 is 2.07 bits per heavy atom. The van der Waals surface area contributed by atoms with Gasteiger partial charge < -0.3 is 20.8 Å². The Kier molecular flexibility index (Phi) is 3.90. The van der Waals surface area contributed by atoms with Gasteiger partial charge in [-0.1, -0.05) is 6.92 Å². The van der Waals surface area contributed by atoms with E-state index in [2.05, 4.69) is 10.6 Å². The monoisotopic (exact) mass is 216 g/mol. The van der Waals surface area contributed by atoms with E-state index in [0.29, 0.717) is 6.42 Å². The number of nitrogens with one attached hydrogen (secondary N) is 2. The van der Waals surface area contributed by atoms with Crippen LogP contribution < -0.4 is 10.6 Å². The van der Waals surface area contributed by atoms with Crippen molar-refractivity contribution < 1.29 is 19.8 Å². The van der Waals surface area contributed by atoms with Crippen molar-refractivity contribution in [3.63, 3.8) is 0 Å². The highest BCUT2D eigenvalue weighted by Crippen LogP contribution is 2.18. The van der Waals surface area contributed by atoms with Gasteiger partial charge in [-0.2, -0.15) is 0 Å². The third-order valence-electron chi connectivity index (χ3n) is 2.32. The third kappa shape index (κ3) is 3.75. The normalized spacial score (nSPS) is 19.1. The molecule has 0 saturated heterocycles. The average molecular weight is 216 g/mol. The molecule has 0 spiro atoms. The van der Waals surface area contributed by atoms with Crippen LogP contribution in [0.1, 0.15) is 26.2 Å². The van der Waals surface area contributed by atoms with E-state index in [0.717, 1.165) is 12.8 Å². The molecule has 0 aromatic rings. The fourth-order valence-corrected chi connectivity index (χ4v) is 1.26. The predicted molar refractivity (Wildman–Crippen MR) is 52.4 cm³/mol. The predicted octanol–water partition coefficient (Wildman–Crippen LogP) is -0.328. The van der Waals surface area contributed by atoms with E-state index in [1.807, 2.05) is 0 Å². The van der Waals surface area contributed by atoms with Crippen molar-refractivity contribution >= 4 is 12.0 Å². The molecule has 1 saturated carbocycles. The number of carboxylic acid groups (broad SMARTS) is 1. The maximum absolute atomic E-state index is 11.4. The van der Waals surface area contributed by atoms with Crippen LogP contribution in [0.3, 0.4) is 0 Å². The molecule has 0 aromatic heterocycles. The number of rotatable bonds is 5. The summed E-state index contributed by atoms with van der Waals surface area (Å²) in [5, 5.41) is 22.8. The van der Waals surface area contributed by atoms with Gasteiger partial charge in [0.15, 0.2) is 6.10 Å². The number of aliphatic hydroxyl groups is 1. The van der Waals surface area contributed by atoms with Crippen LogP contribution in [0.2, 0.25) is 0 Å². The zero-order chi connectivity index (χ0) is 11.4. The Bertz CT molecular complexity index is 252. The molecular formula is C9H16N2O4. The molecule has 2 atom stereocenters. The van der Waals surface area contributed by atoms with Crippen LogP contribution in [0.15, 0.2) is 0 Å². The van der Waals surface area contributed by atoms with Crippen LogP contribution in [0, 0.1) is 0 Å². The van der Waals surface area contributed by atoms with Crippen molar-refractivity contribution in [1.82, 2.24) is 10.6 Å². The van der Waals surface area contributed by atoms with Crippen LogP contribution in [0.4, 0.5) is 4.79 Å². The highest BCUT2D eigenvalue weighted by Gasteiger charge is 2.30. The van der Waals surface area contributed by atoms with E-state index in [9.17, 15) is 14.7 Å². The Morgan fingerprint density at radius 3 is 2.47 bits per heavy atom. The van der Waals surface area contributed by atoms with Gasteiger partial charge in [0.2, 0.25) is 0 Å². The fourth-order valence-electron chi connectivity index (χ4n) is 1.26. The summed E-state index contributed by atoms with van der Waals surface area (Å²) in [6.07, 6.45) is -0.318. The van der Waals surface area contributed by atoms with Crippen LogP contribution >= 0.6 is 0 Å². The number of amides is 2. The second kappa shape index (κ2) is 4.97. The second-order valence-corrected chi connectivity index (χ2v) is 3.69. The first kappa shape index (κ1) is 11.8. The molecule has 1 fully saturated rings. The van der Waals surface area contributed by atoms with Gasteiger partial charge in [0.25, 0.3) is 5.91 Å². The Morgan fingerprint density at radius 1 is 1.47 bits per heavy atom. The molecule has 1 rings (SSSR count). The van der Waals surface area contributed by atoms with Crippen LogP contribution in [0.5, 0.6) is 0 Å². The Hall–Kier alpha value is -1.30. The van der Waals surface area contributed by atoms with E-state index < -0.39 is 24.1 Å². The second-order valence-electron chi connectivity index (χ2n) is 3.69. The maximum Gasteiger partial charge on any atom is 0.404 e. The molecule has 0 bridgehead atoms. The molecule has 1 aliphatic carbocycles. The Labute approximate surface area is 87.7 Å². The molecule has 0 radical (unpaired) electrons. The maximum atomic E-state index is 11.4. The first-order valence-electron chi connectivity index (χ1n) is 5.02. The zero-order valence-electron chi connectivity index (χ0n) is 8.56. The summed E-state index contributed by atoms with van der Waals surface area (Å²) in [5.41, 5.74) is 0. The van der Waals surface area contributed by atoms with E-state index >= 15 is 0 Å². The molecule has 4 N–H and O–H groups in total. The molecule has 6 nitrogen and oxygen atoms in total. The number of carbonyl (C=O) groups is 2. The van der Waals surface area contributed by atoms with Crippen molar-refractivity contribution in [2.24, 2.45) is 0 Å². The van der Waals surface area contributed by atoms with E-state index in [1.165, 1.54) is 0 Å². The summed E-state index contributed by atoms with van der Waals surface area (Å²) in [6, 6.07) is -0.587. The minimum absolute atomic E-state index is 0.162. The first-order chi connectivity index (χ1) is 7.04. The summed E-state index contributed by atoms with van der Waals surface area (Å²) < 4.78 is 0. The first-order valence-corrected chi connectivity index (χ1v) is 5.02. The van der Waals surface area contributed by atoms with E-state index in [-0.39, 0.29) is 6.04 Å². The molecular weight excluding hydrogens is 200 g/mol. The lowest BCUT2D eigenvalue weighted by atomic mass is 10.1. The van der Waals surface area contributed by atoms with Gasteiger partial charge in [-0.05, 0) is 19.3 Å². The smallest absolute Gasteiger partial charge is 0.404 e. The van der Waals surface area contributed by atoms with Gasteiger partial charge >= 0.3 is 6.09 Å².